The maximum Gasteiger partial charge on any atom is 0.0694 e. The molecule has 2 heterocycles. The van der Waals surface area contributed by atoms with Crippen molar-refractivity contribution in [1.29, 1.82) is 0 Å². The van der Waals surface area contributed by atoms with Gasteiger partial charge in [0.15, 0.2) is 0 Å². The zero-order valence-corrected chi connectivity index (χ0v) is 10.8. The molecule has 0 saturated carbocycles. The quantitative estimate of drug-likeness (QED) is 0.665. The van der Waals surface area contributed by atoms with Crippen molar-refractivity contribution in [3.8, 4) is 0 Å². The molecule has 88 valence electrons. The first-order valence-corrected chi connectivity index (χ1v) is 6.20. The third-order valence-electron chi connectivity index (χ3n) is 4.61. The summed E-state index contributed by atoms with van der Waals surface area (Å²) in [5.74, 6) is 0.711. The summed E-state index contributed by atoms with van der Waals surface area (Å²) in [6, 6.07) is 0. The number of rotatable bonds is 0. The van der Waals surface area contributed by atoms with Crippen LogP contribution in [-0.2, 0) is 4.74 Å². The van der Waals surface area contributed by atoms with Gasteiger partial charge in [0.1, 0.15) is 0 Å². The molecule has 2 aliphatic heterocycles. The van der Waals surface area contributed by atoms with Crippen LogP contribution in [0.15, 0.2) is 0 Å². The second-order valence-electron chi connectivity index (χ2n) is 6.56. The van der Waals surface area contributed by atoms with Crippen molar-refractivity contribution in [2.75, 3.05) is 13.1 Å². The molecule has 2 saturated heterocycles. The van der Waals surface area contributed by atoms with E-state index in [9.17, 15) is 0 Å². The first-order chi connectivity index (χ1) is 6.79. The van der Waals surface area contributed by atoms with Crippen molar-refractivity contribution in [2.45, 2.75) is 58.7 Å². The van der Waals surface area contributed by atoms with E-state index in [0.29, 0.717) is 11.3 Å². The monoisotopic (exact) mass is 211 g/mol. The van der Waals surface area contributed by atoms with E-state index in [4.69, 9.17) is 4.74 Å². The van der Waals surface area contributed by atoms with Crippen LogP contribution in [0.1, 0.15) is 47.5 Å². The molecule has 15 heavy (non-hydrogen) atoms. The molecule has 0 aromatic carbocycles. The van der Waals surface area contributed by atoms with Gasteiger partial charge in [-0.05, 0) is 59.5 Å². The maximum atomic E-state index is 6.27. The molecule has 2 atom stereocenters. The fraction of sp³-hybridized carbons (Fsp3) is 1.00. The lowest BCUT2D eigenvalue weighted by atomic mass is 9.60. The van der Waals surface area contributed by atoms with E-state index >= 15 is 0 Å². The first kappa shape index (κ1) is 11.4. The highest BCUT2D eigenvalue weighted by Gasteiger charge is 2.59. The summed E-state index contributed by atoms with van der Waals surface area (Å²) < 4.78 is 6.27. The van der Waals surface area contributed by atoms with Gasteiger partial charge >= 0.3 is 0 Å². The second-order valence-corrected chi connectivity index (χ2v) is 6.56. The van der Waals surface area contributed by atoms with Gasteiger partial charge in [-0.15, -0.1) is 0 Å². The Morgan fingerprint density at radius 1 is 1.20 bits per heavy atom. The molecule has 0 aromatic heterocycles. The van der Waals surface area contributed by atoms with Gasteiger partial charge in [0, 0.05) is 5.41 Å². The molecule has 2 unspecified atom stereocenters. The van der Waals surface area contributed by atoms with Gasteiger partial charge in [-0.3, -0.25) is 0 Å². The molecule has 0 amide bonds. The number of hydrogen-bond donors (Lipinski definition) is 1. The molecule has 0 radical (unpaired) electrons. The Balaban J connectivity index is 2.33. The predicted octanol–water partition coefficient (Wildman–Crippen LogP) is 2.58. The average Bonchev–Trinajstić information content (AvgIpc) is 2.23. The molecule has 2 rings (SSSR count). The summed E-state index contributed by atoms with van der Waals surface area (Å²) in [5, 5.41) is 3.50. The van der Waals surface area contributed by atoms with Crippen LogP contribution in [0, 0.1) is 11.3 Å². The maximum absolute atomic E-state index is 6.27. The Morgan fingerprint density at radius 2 is 1.87 bits per heavy atom. The number of ether oxygens (including phenoxy) is 1. The standard InChI is InChI=1S/C13H25NO/c1-10-8-14-7-6-13(10)9-11(2,3)15-12(13,4)5/h10,14H,6-9H2,1-5H3. The number of nitrogens with one attached hydrogen (secondary N) is 1. The molecule has 1 spiro atoms. The average molecular weight is 211 g/mol. The summed E-state index contributed by atoms with van der Waals surface area (Å²) in [5.41, 5.74) is 0.453. The lowest BCUT2D eigenvalue weighted by Crippen LogP contribution is -2.52. The van der Waals surface area contributed by atoms with Gasteiger partial charge < -0.3 is 10.1 Å². The Morgan fingerprint density at radius 3 is 2.33 bits per heavy atom. The molecule has 0 bridgehead atoms. The van der Waals surface area contributed by atoms with E-state index in [0.717, 1.165) is 13.1 Å². The minimum absolute atomic E-state index is 0.0258. The van der Waals surface area contributed by atoms with Crippen molar-refractivity contribution in [3.05, 3.63) is 0 Å². The summed E-state index contributed by atoms with van der Waals surface area (Å²) in [4.78, 5) is 0. The van der Waals surface area contributed by atoms with Gasteiger partial charge in [0.25, 0.3) is 0 Å². The van der Waals surface area contributed by atoms with Crippen LogP contribution < -0.4 is 5.32 Å². The fourth-order valence-corrected chi connectivity index (χ4v) is 4.03. The molecular formula is C13H25NO. The van der Waals surface area contributed by atoms with E-state index in [1.54, 1.807) is 0 Å². The zero-order valence-electron chi connectivity index (χ0n) is 10.8. The van der Waals surface area contributed by atoms with Crippen molar-refractivity contribution in [2.24, 2.45) is 11.3 Å². The highest BCUT2D eigenvalue weighted by molar-refractivity contribution is 5.09. The summed E-state index contributed by atoms with van der Waals surface area (Å²) in [6.07, 6.45) is 2.46. The van der Waals surface area contributed by atoms with Crippen LogP contribution in [0.2, 0.25) is 0 Å². The zero-order chi connectivity index (χ0) is 11.3. The molecule has 2 fully saturated rings. The predicted molar refractivity (Wildman–Crippen MR) is 62.9 cm³/mol. The molecule has 0 aromatic rings. The molecule has 2 aliphatic rings. The van der Waals surface area contributed by atoms with Crippen molar-refractivity contribution in [3.63, 3.8) is 0 Å². The van der Waals surface area contributed by atoms with E-state index in [2.05, 4.69) is 39.9 Å². The van der Waals surface area contributed by atoms with Crippen molar-refractivity contribution >= 4 is 0 Å². The van der Waals surface area contributed by atoms with Crippen LogP contribution in [-0.4, -0.2) is 24.3 Å². The lowest BCUT2D eigenvalue weighted by Gasteiger charge is -2.47. The van der Waals surface area contributed by atoms with Crippen LogP contribution in [0.5, 0.6) is 0 Å². The Kier molecular flexibility index (Phi) is 2.44. The van der Waals surface area contributed by atoms with Crippen LogP contribution in [0.3, 0.4) is 0 Å². The first-order valence-electron chi connectivity index (χ1n) is 6.20. The van der Waals surface area contributed by atoms with Crippen LogP contribution in [0.25, 0.3) is 0 Å². The van der Waals surface area contributed by atoms with E-state index < -0.39 is 0 Å². The van der Waals surface area contributed by atoms with Gasteiger partial charge in [-0.25, -0.2) is 0 Å². The van der Waals surface area contributed by atoms with E-state index in [-0.39, 0.29) is 11.2 Å². The number of hydrogen-bond acceptors (Lipinski definition) is 2. The molecule has 1 N–H and O–H groups in total. The Hall–Kier alpha value is -0.0800. The van der Waals surface area contributed by atoms with Gasteiger partial charge in [-0.2, -0.15) is 0 Å². The van der Waals surface area contributed by atoms with E-state index in [1.807, 2.05) is 0 Å². The summed E-state index contributed by atoms with van der Waals surface area (Å²) >= 11 is 0. The molecule has 0 aliphatic carbocycles. The molecular weight excluding hydrogens is 186 g/mol. The SMILES string of the molecule is CC1CNCCC12CC(C)(C)OC2(C)C. The van der Waals surface area contributed by atoms with Crippen LogP contribution >= 0.6 is 0 Å². The van der Waals surface area contributed by atoms with Crippen LogP contribution in [0.4, 0.5) is 0 Å². The summed E-state index contributed by atoms with van der Waals surface area (Å²) in [7, 11) is 0. The smallest absolute Gasteiger partial charge is 0.0694 e. The highest BCUT2D eigenvalue weighted by Crippen LogP contribution is 2.57. The fourth-order valence-electron chi connectivity index (χ4n) is 4.03. The van der Waals surface area contributed by atoms with Crippen molar-refractivity contribution < 1.29 is 4.74 Å². The lowest BCUT2D eigenvalue weighted by molar-refractivity contribution is -0.110. The second kappa shape index (κ2) is 3.21. The minimum Gasteiger partial charge on any atom is -0.369 e. The molecule has 2 heteroatoms. The third-order valence-corrected chi connectivity index (χ3v) is 4.61. The van der Waals surface area contributed by atoms with Crippen molar-refractivity contribution in [1.82, 2.24) is 5.32 Å². The third kappa shape index (κ3) is 1.62. The van der Waals surface area contributed by atoms with E-state index in [1.165, 1.54) is 12.8 Å². The minimum atomic E-state index is 0.0258. The normalized spacial score (nSPS) is 43.4. The molecule has 2 nitrogen and oxygen atoms in total. The Bertz CT molecular complexity index is 259. The van der Waals surface area contributed by atoms with Gasteiger partial charge in [0.2, 0.25) is 0 Å². The topological polar surface area (TPSA) is 21.3 Å². The highest BCUT2D eigenvalue weighted by atomic mass is 16.5. The largest absolute Gasteiger partial charge is 0.369 e. The Labute approximate surface area is 93.8 Å². The van der Waals surface area contributed by atoms with Gasteiger partial charge in [0.05, 0.1) is 11.2 Å². The van der Waals surface area contributed by atoms with Gasteiger partial charge in [-0.1, -0.05) is 6.92 Å². The number of piperidine rings is 1. The summed E-state index contributed by atoms with van der Waals surface area (Å²) in [6.45, 7) is 13.7.